The van der Waals surface area contributed by atoms with Gasteiger partial charge in [-0.1, -0.05) is 5.16 Å². The van der Waals surface area contributed by atoms with Crippen molar-refractivity contribution < 1.29 is 9.26 Å². The standard InChI is InChI=1S/C10H12N4O2S.ClH/c11-3-8-12-7(5-17-8)10-13-9(14-16-10)6-1-2-15-4-6;/h5-6H,1-4,11H2;1H. The fourth-order valence-electron chi connectivity index (χ4n) is 1.75. The molecule has 0 saturated carbocycles. The van der Waals surface area contributed by atoms with E-state index in [2.05, 4.69) is 15.1 Å². The molecule has 3 rings (SSSR count). The molecule has 2 aromatic heterocycles. The van der Waals surface area contributed by atoms with Crippen molar-refractivity contribution >= 4 is 23.7 Å². The summed E-state index contributed by atoms with van der Waals surface area (Å²) in [5.74, 6) is 1.42. The van der Waals surface area contributed by atoms with Gasteiger partial charge in [-0.15, -0.1) is 23.7 Å². The highest BCUT2D eigenvalue weighted by Crippen LogP contribution is 2.26. The molecule has 6 nitrogen and oxygen atoms in total. The number of ether oxygens (including phenoxy) is 1. The first kappa shape index (κ1) is 13.4. The van der Waals surface area contributed by atoms with Gasteiger partial charge in [0.15, 0.2) is 5.82 Å². The lowest BCUT2D eigenvalue weighted by Gasteiger charge is -1.97. The molecule has 0 aromatic carbocycles. The van der Waals surface area contributed by atoms with Crippen LogP contribution in [0, 0.1) is 0 Å². The summed E-state index contributed by atoms with van der Waals surface area (Å²) in [6.07, 6.45) is 0.949. The van der Waals surface area contributed by atoms with E-state index in [1.165, 1.54) is 11.3 Å². The van der Waals surface area contributed by atoms with Crippen LogP contribution in [-0.2, 0) is 11.3 Å². The van der Waals surface area contributed by atoms with E-state index in [4.69, 9.17) is 15.0 Å². The Balaban J connectivity index is 0.00000120. The number of nitrogens with two attached hydrogens (primary N) is 1. The molecule has 0 aliphatic carbocycles. The zero-order chi connectivity index (χ0) is 11.7. The Hall–Kier alpha value is -1.02. The van der Waals surface area contributed by atoms with Crippen molar-refractivity contribution in [1.29, 1.82) is 0 Å². The minimum Gasteiger partial charge on any atom is -0.381 e. The summed E-state index contributed by atoms with van der Waals surface area (Å²) in [7, 11) is 0. The van der Waals surface area contributed by atoms with E-state index in [-0.39, 0.29) is 18.3 Å². The average Bonchev–Trinajstić information content (AvgIpc) is 3.09. The molecular weight excluding hydrogens is 276 g/mol. The molecule has 1 atom stereocenters. The van der Waals surface area contributed by atoms with Gasteiger partial charge in [-0.2, -0.15) is 4.98 Å². The molecule has 0 radical (unpaired) electrons. The number of halogens is 1. The summed E-state index contributed by atoms with van der Waals surface area (Å²) < 4.78 is 10.5. The fourth-order valence-corrected chi connectivity index (χ4v) is 2.39. The van der Waals surface area contributed by atoms with Crippen molar-refractivity contribution in [2.75, 3.05) is 13.2 Å². The van der Waals surface area contributed by atoms with Gasteiger partial charge in [0.1, 0.15) is 10.7 Å². The molecule has 2 aromatic rings. The minimum absolute atomic E-state index is 0. The summed E-state index contributed by atoms with van der Waals surface area (Å²) in [6.45, 7) is 1.87. The van der Waals surface area contributed by atoms with E-state index < -0.39 is 0 Å². The van der Waals surface area contributed by atoms with Gasteiger partial charge in [0.2, 0.25) is 0 Å². The first-order chi connectivity index (χ1) is 8.36. The van der Waals surface area contributed by atoms with Crippen molar-refractivity contribution in [2.24, 2.45) is 5.73 Å². The number of rotatable bonds is 3. The van der Waals surface area contributed by atoms with E-state index in [9.17, 15) is 0 Å². The summed E-state index contributed by atoms with van der Waals surface area (Å²) in [4.78, 5) is 8.66. The van der Waals surface area contributed by atoms with Crippen molar-refractivity contribution in [2.45, 2.75) is 18.9 Å². The summed E-state index contributed by atoms with van der Waals surface area (Å²) in [5.41, 5.74) is 6.21. The summed E-state index contributed by atoms with van der Waals surface area (Å²) in [5, 5.41) is 6.72. The van der Waals surface area contributed by atoms with Crippen LogP contribution in [-0.4, -0.2) is 28.3 Å². The fraction of sp³-hybridized carbons (Fsp3) is 0.500. The SMILES string of the molecule is Cl.NCc1nc(-c2nc(C3CCOC3)no2)cs1. The number of aromatic nitrogens is 3. The van der Waals surface area contributed by atoms with Gasteiger partial charge in [0.25, 0.3) is 5.89 Å². The normalized spacial score (nSPS) is 18.8. The third-order valence-corrected chi connectivity index (χ3v) is 3.55. The van der Waals surface area contributed by atoms with Gasteiger partial charge in [-0.05, 0) is 6.42 Å². The second kappa shape index (κ2) is 5.75. The first-order valence-corrected chi connectivity index (χ1v) is 6.31. The second-order valence-corrected chi connectivity index (χ2v) is 4.79. The topological polar surface area (TPSA) is 87.1 Å². The van der Waals surface area contributed by atoms with E-state index in [0.29, 0.717) is 30.6 Å². The minimum atomic E-state index is 0. The lowest BCUT2D eigenvalue weighted by molar-refractivity contribution is 0.192. The van der Waals surface area contributed by atoms with Crippen LogP contribution in [0.25, 0.3) is 11.6 Å². The van der Waals surface area contributed by atoms with Crippen molar-refractivity contribution in [3.8, 4) is 11.6 Å². The van der Waals surface area contributed by atoms with Gasteiger partial charge in [-0.3, -0.25) is 0 Å². The van der Waals surface area contributed by atoms with Gasteiger partial charge in [0, 0.05) is 24.4 Å². The molecule has 1 aliphatic heterocycles. The van der Waals surface area contributed by atoms with Crippen LogP contribution >= 0.6 is 23.7 Å². The molecule has 0 bridgehead atoms. The molecule has 1 aliphatic rings. The van der Waals surface area contributed by atoms with Gasteiger partial charge >= 0.3 is 0 Å². The summed E-state index contributed by atoms with van der Waals surface area (Å²) >= 11 is 1.50. The molecule has 3 heterocycles. The Morgan fingerprint density at radius 1 is 1.44 bits per heavy atom. The van der Waals surface area contributed by atoms with Crippen molar-refractivity contribution in [3.05, 3.63) is 16.2 Å². The van der Waals surface area contributed by atoms with Crippen LogP contribution in [0.1, 0.15) is 23.2 Å². The maximum Gasteiger partial charge on any atom is 0.277 e. The molecule has 2 N–H and O–H groups in total. The van der Waals surface area contributed by atoms with Crippen LogP contribution in [0.15, 0.2) is 9.90 Å². The molecule has 0 amide bonds. The maximum atomic E-state index is 5.51. The van der Waals surface area contributed by atoms with Crippen LogP contribution < -0.4 is 5.73 Å². The molecule has 1 saturated heterocycles. The molecule has 98 valence electrons. The lowest BCUT2D eigenvalue weighted by Crippen LogP contribution is -1.99. The Bertz CT molecular complexity index is 509. The Morgan fingerprint density at radius 2 is 2.33 bits per heavy atom. The highest BCUT2D eigenvalue weighted by Gasteiger charge is 2.23. The number of hydrogen-bond acceptors (Lipinski definition) is 7. The van der Waals surface area contributed by atoms with E-state index in [1.54, 1.807) is 0 Å². The van der Waals surface area contributed by atoms with E-state index >= 15 is 0 Å². The van der Waals surface area contributed by atoms with E-state index in [1.807, 2.05) is 5.38 Å². The second-order valence-electron chi connectivity index (χ2n) is 3.85. The molecule has 8 heteroatoms. The van der Waals surface area contributed by atoms with Crippen LogP contribution in [0.4, 0.5) is 0 Å². The van der Waals surface area contributed by atoms with Gasteiger partial charge in [0.05, 0.1) is 6.61 Å². The van der Waals surface area contributed by atoms with Gasteiger partial charge in [-0.25, -0.2) is 4.98 Å². The predicted octanol–water partition coefficient (Wildman–Crippen LogP) is 1.58. The third kappa shape index (κ3) is 2.54. The predicted molar refractivity (Wildman–Crippen MR) is 68.7 cm³/mol. The monoisotopic (exact) mass is 288 g/mol. The smallest absolute Gasteiger partial charge is 0.277 e. The van der Waals surface area contributed by atoms with Crippen molar-refractivity contribution in [1.82, 2.24) is 15.1 Å². The Labute approximate surface area is 114 Å². The molecular formula is C10H13ClN4O2S. The molecule has 1 unspecified atom stereocenters. The summed E-state index contributed by atoms with van der Waals surface area (Å²) in [6, 6.07) is 0. The van der Waals surface area contributed by atoms with E-state index in [0.717, 1.165) is 18.0 Å². The average molecular weight is 289 g/mol. The zero-order valence-corrected chi connectivity index (χ0v) is 11.2. The zero-order valence-electron chi connectivity index (χ0n) is 9.54. The quantitative estimate of drug-likeness (QED) is 0.922. The largest absolute Gasteiger partial charge is 0.381 e. The first-order valence-electron chi connectivity index (χ1n) is 5.43. The lowest BCUT2D eigenvalue weighted by atomic mass is 10.1. The molecule has 0 spiro atoms. The van der Waals surface area contributed by atoms with Gasteiger partial charge < -0.3 is 15.0 Å². The highest BCUT2D eigenvalue weighted by atomic mass is 35.5. The van der Waals surface area contributed by atoms with Crippen LogP contribution in [0.5, 0.6) is 0 Å². The Morgan fingerprint density at radius 3 is 3.00 bits per heavy atom. The highest BCUT2D eigenvalue weighted by molar-refractivity contribution is 7.09. The number of hydrogen-bond donors (Lipinski definition) is 1. The molecule has 18 heavy (non-hydrogen) atoms. The van der Waals surface area contributed by atoms with Crippen molar-refractivity contribution in [3.63, 3.8) is 0 Å². The van der Waals surface area contributed by atoms with Crippen LogP contribution in [0.2, 0.25) is 0 Å². The number of nitrogens with zero attached hydrogens (tertiary/aromatic N) is 3. The molecule has 1 fully saturated rings. The van der Waals surface area contributed by atoms with Crippen LogP contribution in [0.3, 0.4) is 0 Å². The number of thiazole rings is 1. The maximum absolute atomic E-state index is 5.51. The third-order valence-electron chi connectivity index (χ3n) is 2.68. The Kier molecular flexibility index (Phi) is 4.28.